The van der Waals surface area contributed by atoms with Crippen molar-refractivity contribution in [1.29, 1.82) is 0 Å². The topological polar surface area (TPSA) is 38.8 Å². The second kappa shape index (κ2) is 5.21. The molecule has 1 aromatic carbocycles. The summed E-state index contributed by atoms with van der Waals surface area (Å²) in [5.74, 6) is 0. The Kier molecular flexibility index (Phi) is 4.20. The van der Waals surface area contributed by atoms with Gasteiger partial charge in [-0.3, -0.25) is 4.84 Å². The van der Waals surface area contributed by atoms with Crippen LogP contribution in [0.5, 0.6) is 0 Å². The summed E-state index contributed by atoms with van der Waals surface area (Å²) in [6, 6.07) is 4.66. The molecule has 1 aromatic rings. The molecule has 0 bridgehead atoms. The van der Waals surface area contributed by atoms with Gasteiger partial charge in [0.1, 0.15) is 0 Å². The van der Waals surface area contributed by atoms with Crippen molar-refractivity contribution in [3.05, 3.63) is 28.2 Å². The van der Waals surface area contributed by atoms with Crippen molar-refractivity contribution in [1.82, 2.24) is 0 Å². The zero-order valence-corrected chi connectivity index (χ0v) is 9.67. The number of hydroxylamine groups is 1. The number of halogens is 2. The predicted molar refractivity (Wildman–Crippen MR) is 58.4 cm³/mol. The SMILES string of the molecule is COC(=O)N(OC)c1ccc(Cl)c(Cl)c1. The highest BCUT2D eigenvalue weighted by Crippen LogP contribution is 2.27. The Balaban J connectivity index is 3.02. The first-order valence-corrected chi connectivity index (χ1v) is 4.73. The average Bonchev–Trinajstić information content (AvgIpc) is 2.24. The maximum atomic E-state index is 11.2. The quantitative estimate of drug-likeness (QED) is 0.757. The van der Waals surface area contributed by atoms with Crippen LogP contribution >= 0.6 is 23.2 Å². The van der Waals surface area contributed by atoms with Gasteiger partial charge in [0.2, 0.25) is 0 Å². The Morgan fingerprint density at radius 2 is 1.93 bits per heavy atom. The van der Waals surface area contributed by atoms with Gasteiger partial charge in [-0.25, -0.2) is 4.79 Å². The van der Waals surface area contributed by atoms with Crippen LogP contribution in [-0.2, 0) is 9.57 Å². The lowest BCUT2D eigenvalue weighted by Crippen LogP contribution is -2.29. The number of hydrogen-bond acceptors (Lipinski definition) is 3. The highest BCUT2D eigenvalue weighted by Gasteiger charge is 2.16. The standard InChI is InChI=1S/C9H9Cl2NO3/c1-14-9(13)12(15-2)6-3-4-7(10)8(11)5-6/h3-5H,1-2H3. The van der Waals surface area contributed by atoms with Crippen molar-refractivity contribution in [3.63, 3.8) is 0 Å². The van der Waals surface area contributed by atoms with Crippen molar-refractivity contribution in [3.8, 4) is 0 Å². The first-order chi connectivity index (χ1) is 7.10. The molecule has 0 aliphatic heterocycles. The summed E-state index contributed by atoms with van der Waals surface area (Å²) in [5, 5.41) is 1.70. The summed E-state index contributed by atoms with van der Waals surface area (Å²) >= 11 is 11.5. The van der Waals surface area contributed by atoms with E-state index in [1.54, 1.807) is 12.1 Å². The number of benzene rings is 1. The number of hydrogen-bond donors (Lipinski definition) is 0. The maximum Gasteiger partial charge on any atom is 0.438 e. The fourth-order valence-corrected chi connectivity index (χ4v) is 1.27. The molecule has 0 aromatic heterocycles. The van der Waals surface area contributed by atoms with Gasteiger partial charge in [-0.05, 0) is 18.2 Å². The van der Waals surface area contributed by atoms with Gasteiger partial charge in [-0.1, -0.05) is 23.2 Å². The number of anilines is 1. The van der Waals surface area contributed by atoms with Crippen LogP contribution in [0.3, 0.4) is 0 Å². The van der Waals surface area contributed by atoms with Crippen molar-refractivity contribution < 1.29 is 14.4 Å². The lowest BCUT2D eigenvalue weighted by molar-refractivity contribution is 0.116. The third-order valence-corrected chi connectivity index (χ3v) is 2.40. The smallest absolute Gasteiger partial charge is 0.438 e. The minimum atomic E-state index is -0.643. The van der Waals surface area contributed by atoms with E-state index in [1.807, 2.05) is 0 Å². The molecular weight excluding hydrogens is 241 g/mol. The number of carbonyl (C=O) groups excluding carboxylic acids is 1. The van der Waals surface area contributed by atoms with Gasteiger partial charge < -0.3 is 4.74 Å². The highest BCUT2D eigenvalue weighted by atomic mass is 35.5. The average molecular weight is 250 g/mol. The van der Waals surface area contributed by atoms with Gasteiger partial charge in [0, 0.05) is 0 Å². The van der Waals surface area contributed by atoms with Gasteiger partial charge in [0.15, 0.2) is 0 Å². The van der Waals surface area contributed by atoms with Crippen LogP contribution in [0, 0.1) is 0 Å². The molecular formula is C9H9Cl2NO3. The normalized spacial score (nSPS) is 9.87. The van der Waals surface area contributed by atoms with Crippen LogP contribution in [0.2, 0.25) is 10.0 Å². The molecule has 1 rings (SSSR count). The number of rotatable bonds is 2. The minimum Gasteiger partial charge on any atom is -0.451 e. The first kappa shape index (κ1) is 12.1. The molecule has 0 saturated carbocycles. The molecule has 0 heterocycles. The Bertz CT molecular complexity index is 370. The Labute approximate surface area is 97.2 Å². The summed E-state index contributed by atoms with van der Waals surface area (Å²) in [5.41, 5.74) is 0.443. The Morgan fingerprint density at radius 3 is 2.40 bits per heavy atom. The molecule has 0 fully saturated rings. The van der Waals surface area contributed by atoms with Crippen molar-refractivity contribution in [2.24, 2.45) is 0 Å². The van der Waals surface area contributed by atoms with Gasteiger partial charge in [0.05, 0.1) is 30.0 Å². The Morgan fingerprint density at radius 1 is 1.27 bits per heavy atom. The molecule has 15 heavy (non-hydrogen) atoms. The monoisotopic (exact) mass is 249 g/mol. The summed E-state index contributed by atoms with van der Waals surface area (Å²) in [4.78, 5) is 16.1. The molecule has 0 aliphatic rings. The molecule has 0 spiro atoms. The van der Waals surface area contributed by atoms with Gasteiger partial charge in [-0.2, -0.15) is 5.06 Å². The fraction of sp³-hybridized carbons (Fsp3) is 0.222. The molecule has 0 saturated heterocycles. The van der Waals surface area contributed by atoms with Crippen molar-refractivity contribution in [2.45, 2.75) is 0 Å². The lowest BCUT2D eigenvalue weighted by Gasteiger charge is -2.18. The van der Waals surface area contributed by atoms with E-state index in [2.05, 4.69) is 4.74 Å². The van der Waals surface area contributed by atoms with Crippen LogP contribution < -0.4 is 5.06 Å². The fourth-order valence-electron chi connectivity index (χ4n) is 0.980. The van der Waals surface area contributed by atoms with Gasteiger partial charge >= 0.3 is 6.09 Å². The second-order valence-electron chi connectivity index (χ2n) is 2.55. The molecule has 0 N–H and O–H groups in total. The molecule has 82 valence electrons. The summed E-state index contributed by atoms with van der Waals surface area (Å²) in [7, 11) is 2.60. The van der Waals surface area contributed by atoms with E-state index in [9.17, 15) is 4.79 Å². The number of amides is 1. The van der Waals surface area contributed by atoms with E-state index >= 15 is 0 Å². The lowest BCUT2D eigenvalue weighted by atomic mass is 10.3. The molecule has 0 radical (unpaired) electrons. The molecule has 6 heteroatoms. The molecule has 1 amide bonds. The van der Waals surface area contributed by atoms with Crippen LogP contribution in [-0.4, -0.2) is 20.3 Å². The van der Waals surface area contributed by atoms with Crippen LogP contribution in [0.25, 0.3) is 0 Å². The first-order valence-electron chi connectivity index (χ1n) is 3.97. The summed E-state index contributed by atoms with van der Waals surface area (Å²) in [6.45, 7) is 0. The van der Waals surface area contributed by atoms with Crippen LogP contribution in [0.15, 0.2) is 18.2 Å². The number of methoxy groups -OCH3 is 1. The minimum absolute atomic E-state index is 0.333. The summed E-state index contributed by atoms with van der Waals surface area (Å²) in [6.07, 6.45) is -0.643. The van der Waals surface area contributed by atoms with E-state index < -0.39 is 6.09 Å². The van der Waals surface area contributed by atoms with Gasteiger partial charge in [0.25, 0.3) is 0 Å². The largest absolute Gasteiger partial charge is 0.451 e. The Hall–Kier alpha value is -0.970. The van der Waals surface area contributed by atoms with E-state index in [0.717, 1.165) is 5.06 Å². The third-order valence-electron chi connectivity index (χ3n) is 1.66. The highest BCUT2D eigenvalue weighted by molar-refractivity contribution is 6.42. The molecule has 0 unspecified atom stereocenters. The predicted octanol–water partition coefficient (Wildman–Crippen LogP) is 3.13. The number of ether oxygens (including phenoxy) is 1. The molecule has 0 aliphatic carbocycles. The second-order valence-corrected chi connectivity index (χ2v) is 3.36. The van der Waals surface area contributed by atoms with E-state index in [-0.39, 0.29) is 0 Å². The summed E-state index contributed by atoms with van der Waals surface area (Å²) < 4.78 is 4.51. The zero-order chi connectivity index (χ0) is 11.4. The molecule has 4 nitrogen and oxygen atoms in total. The molecule has 0 atom stereocenters. The third kappa shape index (κ3) is 2.75. The number of carbonyl (C=O) groups is 1. The van der Waals surface area contributed by atoms with Crippen molar-refractivity contribution in [2.75, 3.05) is 19.3 Å². The van der Waals surface area contributed by atoms with Crippen LogP contribution in [0.1, 0.15) is 0 Å². The maximum absolute atomic E-state index is 11.2. The van der Waals surface area contributed by atoms with Crippen LogP contribution in [0.4, 0.5) is 10.5 Å². The number of nitrogens with zero attached hydrogens (tertiary/aromatic N) is 1. The van der Waals surface area contributed by atoms with Crippen molar-refractivity contribution >= 4 is 35.0 Å². The zero-order valence-electron chi connectivity index (χ0n) is 8.16. The van der Waals surface area contributed by atoms with E-state index in [0.29, 0.717) is 15.7 Å². The van der Waals surface area contributed by atoms with E-state index in [4.69, 9.17) is 28.0 Å². The van der Waals surface area contributed by atoms with E-state index in [1.165, 1.54) is 20.3 Å². The van der Waals surface area contributed by atoms with Gasteiger partial charge in [-0.15, -0.1) is 0 Å².